The number of nitrogens with zero attached hydrogens (tertiary/aromatic N) is 3. The standard InChI is InChI=1S/C18H25N3O3/c22-16(17-7-4-13-24-17)14-15-6-2-1-3-11-21(15)18(23)8-12-20-10-5-9-19-20/h4-5,7,9-10,13,15-16,22H,1-3,6,8,11-12,14H2/t15-,16+/m0/s1. The van der Waals surface area contributed by atoms with Gasteiger partial charge in [-0.15, -0.1) is 0 Å². The molecule has 0 unspecified atom stereocenters. The van der Waals surface area contributed by atoms with Crippen LogP contribution in [0.3, 0.4) is 0 Å². The number of aliphatic hydroxyl groups is 1. The Labute approximate surface area is 142 Å². The van der Waals surface area contributed by atoms with Gasteiger partial charge in [0.1, 0.15) is 11.9 Å². The summed E-state index contributed by atoms with van der Waals surface area (Å²) < 4.78 is 7.08. The van der Waals surface area contributed by atoms with Gasteiger partial charge in [0, 0.05) is 44.4 Å². The lowest BCUT2D eigenvalue weighted by Gasteiger charge is -2.31. The van der Waals surface area contributed by atoms with Crippen molar-refractivity contribution in [2.45, 2.75) is 57.2 Å². The van der Waals surface area contributed by atoms with Crippen molar-refractivity contribution in [3.8, 4) is 0 Å². The summed E-state index contributed by atoms with van der Waals surface area (Å²) in [6.07, 6.45) is 9.66. The maximum Gasteiger partial charge on any atom is 0.224 e. The van der Waals surface area contributed by atoms with Gasteiger partial charge in [-0.3, -0.25) is 9.48 Å². The number of furan rings is 1. The first-order valence-electron chi connectivity index (χ1n) is 8.72. The van der Waals surface area contributed by atoms with E-state index in [1.165, 1.54) is 0 Å². The third-order valence-corrected chi connectivity index (χ3v) is 4.68. The van der Waals surface area contributed by atoms with Crippen LogP contribution in [-0.4, -0.2) is 38.3 Å². The molecule has 3 heterocycles. The Balaban J connectivity index is 1.61. The molecule has 1 saturated heterocycles. The van der Waals surface area contributed by atoms with Gasteiger partial charge in [0.15, 0.2) is 0 Å². The molecule has 6 nitrogen and oxygen atoms in total. The fourth-order valence-corrected chi connectivity index (χ4v) is 3.39. The van der Waals surface area contributed by atoms with Crippen LogP contribution >= 0.6 is 0 Å². The van der Waals surface area contributed by atoms with Crippen molar-refractivity contribution >= 4 is 5.91 Å². The van der Waals surface area contributed by atoms with Gasteiger partial charge in [-0.2, -0.15) is 5.10 Å². The average Bonchev–Trinajstić information content (AvgIpc) is 3.24. The lowest BCUT2D eigenvalue weighted by Crippen LogP contribution is -2.41. The molecule has 2 atom stereocenters. The van der Waals surface area contributed by atoms with Gasteiger partial charge < -0.3 is 14.4 Å². The molecule has 1 fully saturated rings. The number of rotatable bonds is 6. The van der Waals surface area contributed by atoms with E-state index in [9.17, 15) is 9.90 Å². The van der Waals surface area contributed by atoms with E-state index < -0.39 is 6.10 Å². The molecule has 0 aromatic carbocycles. The highest BCUT2D eigenvalue weighted by atomic mass is 16.4. The molecule has 24 heavy (non-hydrogen) atoms. The van der Waals surface area contributed by atoms with Crippen molar-refractivity contribution in [3.63, 3.8) is 0 Å². The minimum absolute atomic E-state index is 0.0673. The Morgan fingerprint density at radius 1 is 1.38 bits per heavy atom. The maximum absolute atomic E-state index is 12.7. The first-order valence-corrected chi connectivity index (χ1v) is 8.72. The van der Waals surface area contributed by atoms with Crippen LogP contribution in [0.2, 0.25) is 0 Å². The van der Waals surface area contributed by atoms with Crippen molar-refractivity contribution in [2.75, 3.05) is 6.54 Å². The molecule has 0 aliphatic carbocycles. The normalized spacial score (nSPS) is 19.9. The summed E-state index contributed by atoms with van der Waals surface area (Å²) in [6.45, 7) is 1.36. The molecule has 1 aliphatic rings. The van der Waals surface area contributed by atoms with E-state index >= 15 is 0 Å². The SMILES string of the molecule is O=C(CCn1cccn1)N1CCCCC[C@H]1C[C@@H](O)c1ccco1. The zero-order valence-corrected chi connectivity index (χ0v) is 13.9. The number of amides is 1. The minimum Gasteiger partial charge on any atom is -0.467 e. The molecular weight excluding hydrogens is 306 g/mol. The zero-order valence-electron chi connectivity index (χ0n) is 13.9. The zero-order chi connectivity index (χ0) is 16.8. The van der Waals surface area contributed by atoms with Gasteiger partial charge in [-0.05, 0) is 31.0 Å². The summed E-state index contributed by atoms with van der Waals surface area (Å²) in [5.41, 5.74) is 0. The number of hydrogen-bond donors (Lipinski definition) is 1. The van der Waals surface area contributed by atoms with Gasteiger partial charge in [0.05, 0.1) is 6.26 Å². The third kappa shape index (κ3) is 4.26. The van der Waals surface area contributed by atoms with Gasteiger partial charge in [-0.1, -0.05) is 12.8 Å². The highest BCUT2D eigenvalue weighted by Gasteiger charge is 2.28. The Bertz CT molecular complexity index is 610. The number of carbonyl (C=O) groups excluding carboxylic acids is 1. The third-order valence-electron chi connectivity index (χ3n) is 4.68. The molecule has 3 rings (SSSR count). The Kier molecular flexibility index (Phi) is 5.69. The summed E-state index contributed by atoms with van der Waals surface area (Å²) in [4.78, 5) is 14.7. The van der Waals surface area contributed by atoms with E-state index in [1.807, 2.05) is 17.2 Å². The van der Waals surface area contributed by atoms with E-state index in [0.29, 0.717) is 25.1 Å². The fourth-order valence-electron chi connectivity index (χ4n) is 3.39. The van der Waals surface area contributed by atoms with Crippen molar-refractivity contribution in [1.29, 1.82) is 0 Å². The molecule has 2 aromatic heterocycles. The Morgan fingerprint density at radius 3 is 3.04 bits per heavy atom. The molecule has 0 spiro atoms. The number of carbonyl (C=O) groups is 1. The van der Waals surface area contributed by atoms with E-state index in [1.54, 1.807) is 29.3 Å². The summed E-state index contributed by atoms with van der Waals surface area (Å²) in [5, 5.41) is 14.5. The minimum atomic E-state index is -0.662. The molecule has 0 saturated carbocycles. The van der Waals surface area contributed by atoms with Crippen LogP contribution in [0.15, 0.2) is 41.3 Å². The number of aryl methyl sites for hydroxylation is 1. The molecular formula is C18H25N3O3. The second kappa shape index (κ2) is 8.15. The summed E-state index contributed by atoms with van der Waals surface area (Å²) in [5.74, 6) is 0.715. The van der Waals surface area contributed by atoms with Crippen LogP contribution in [0, 0.1) is 0 Å². The van der Waals surface area contributed by atoms with Crippen LogP contribution < -0.4 is 0 Å². The predicted octanol–water partition coefficient (Wildman–Crippen LogP) is 2.76. The van der Waals surface area contributed by atoms with Crippen molar-refractivity contribution in [3.05, 3.63) is 42.6 Å². The average molecular weight is 331 g/mol. The summed E-state index contributed by atoms with van der Waals surface area (Å²) in [6, 6.07) is 5.49. The van der Waals surface area contributed by atoms with Crippen molar-refractivity contribution < 1.29 is 14.3 Å². The molecule has 6 heteroatoms. The lowest BCUT2D eigenvalue weighted by atomic mass is 10.0. The first-order chi connectivity index (χ1) is 11.7. The van der Waals surface area contributed by atoms with Crippen LogP contribution in [0.1, 0.15) is 50.4 Å². The topological polar surface area (TPSA) is 71.5 Å². The van der Waals surface area contributed by atoms with E-state index in [4.69, 9.17) is 4.42 Å². The Hall–Kier alpha value is -2.08. The fraction of sp³-hybridized carbons (Fsp3) is 0.556. The highest BCUT2D eigenvalue weighted by Crippen LogP contribution is 2.27. The van der Waals surface area contributed by atoms with E-state index in [-0.39, 0.29) is 11.9 Å². The maximum atomic E-state index is 12.7. The summed E-state index contributed by atoms with van der Waals surface area (Å²) >= 11 is 0. The van der Waals surface area contributed by atoms with E-state index in [0.717, 1.165) is 32.2 Å². The molecule has 1 N–H and O–H groups in total. The summed E-state index contributed by atoms with van der Waals surface area (Å²) in [7, 11) is 0. The number of aromatic nitrogens is 2. The molecule has 130 valence electrons. The second-order valence-electron chi connectivity index (χ2n) is 6.38. The lowest BCUT2D eigenvalue weighted by molar-refractivity contribution is -0.134. The smallest absolute Gasteiger partial charge is 0.224 e. The number of hydrogen-bond acceptors (Lipinski definition) is 4. The highest BCUT2D eigenvalue weighted by molar-refractivity contribution is 5.76. The quantitative estimate of drug-likeness (QED) is 0.883. The van der Waals surface area contributed by atoms with Crippen LogP contribution in [0.4, 0.5) is 0 Å². The van der Waals surface area contributed by atoms with Crippen LogP contribution in [-0.2, 0) is 11.3 Å². The number of aliphatic hydroxyl groups excluding tert-OH is 1. The van der Waals surface area contributed by atoms with E-state index in [2.05, 4.69) is 5.10 Å². The molecule has 1 amide bonds. The van der Waals surface area contributed by atoms with Crippen molar-refractivity contribution in [1.82, 2.24) is 14.7 Å². The largest absolute Gasteiger partial charge is 0.467 e. The van der Waals surface area contributed by atoms with Crippen LogP contribution in [0.25, 0.3) is 0 Å². The second-order valence-corrected chi connectivity index (χ2v) is 6.38. The van der Waals surface area contributed by atoms with Gasteiger partial charge in [0.2, 0.25) is 5.91 Å². The molecule has 0 bridgehead atoms. The molecule has 2 aromatic rings. The van der Waals surface area contributed by atoms with Crippen molar-refractivity contribution in [2.24, 2.45) is 0 Å². The van der Waals surface area contributed by atoms with Crippen LogP contribution in [0.5, 0.6) is 0 Å². The first kappa shape index (κ1) is 16.8. The number of likely N-dealkylation sites (tertiary alicyclic amines) is 1. The Morgan fingerprint density at radius 2 is 2.29 bits per heavy atom. The monoisotopic (exact) mass is 331 g/mol. The molecule has 0 radical (unpaired) electrons. The van der Waals surface area contributed by atoms with Gasteiger partial charge in [-0.25, -0.2) is 0 Å². The predicted molar refractivity (Wildman–Crippen MR) is 89.1 cm³/mol. The molecule has 1 aliphatic heterocycles. The van der Waals surface area contributed by atoms with Gasteiger partial charge >= 0.3 is 0 Å². The van der Waals surface area contributed by atoms with Gasteiger partial charge in [0.25, 0.3) is 0 Å².